The van der Waals surface area contributed by atoms with Gasteiger partial charge in [0, 0.05) is 6.07 Å². The molecule has 0 spiro atoms. The number of carbonyl (C=O) groups excluding carboxylic acids is 2. The van der Waals surface area contributed by atoms with Gasteiger partial charge in [-0.25, -0.2) is 14.6 Å². The van der Waals surface area contributed by atoms with Gasteiger partial charge >= 0.3 is 12.2 Å². The second-order valence-electron chi connectivity index (χ2n) is 6.91. The van der Waals surface area contributed by atoms with Crippen LogP contribution in [0.1, 0.15) is 31.0 Å². The van der Waals surface area contributed by atoms with E-state index in [1.165, 1.54) is 0 Å². The number of anilines is 4. The molecule has 3 aromatic rings. The number of hydrogen-bond acceptors (Lipinski definition) is 7. The Hall–Kier alpha value is -4.27. The van der Waals surface area contributed by atoms with Gasteiger partial charge in [0.05, 0.1) is 30.6 Å². The summed E-state index contributed by atoms with van der Waals surface area (Å²) in [5, 5.41) is 8.49. The van der Waals surface area contributed by atoms with Gasteiger partial charge in [-0.05, 0) is 25.0 Å². The fourth-order valence-corrected chi connectivity index (χ4v) is 3.17. The minimum atomic E-state index is -0.710. The SMILES string of the molecule is CCOC(=O)Nc1cc(NC(c2ccccc2)c2ccccc2)c(N)c(NC(=O)OCC)n1. The van der Waals surface area contributed by atoms with Gasteiger partial charge in [-0.15, -0.1) is 0 Å². The molecule has 1 heterocycles. The highest BCUT2D eigenvalue weighted by Crippen LogP contribution is 2.34. The lowest BCUT2D eigenvalue weighted by Crippen LogP contribution is -2.20. The maximum absolute atomic E-state index is 12.0. The fraction of sp³-hybridized carbons (Fsp3) is 0.208. The molecule has 33 heavy (non-hydrogen) atoms. The molecular weight excluding hydrogens is 422 g/mol. The van der Waals surface area contributed by atoms with E-state index in [0.29, 0.717) is 5.69 Å². The van der Waals surface area contributed by atoms with Gasteiger partial charge in [-0.1, -0.05) is 60.7 Å². The number of nitrogens with one attached hydrogen (secondary N) is 3. The summed E-state index contributed by atoms with van der Waals surface area (Å²) >= 11 is 0. The van der Waals surface area contributed by atoms with Crippen molar-refractivity contribution in [3.63, 3.8) is 0 Å². The molecule has 0 aliphatic carbocycles. The molecule has 9 nitrogen and oxygen atoms in total. The molecule has 2 aromatic carbocycles. The first kappa shape index (κ1) is 23.4. The van der Waals surface area contributed by atoms with Gasteiger partial charge in [0.25, 0.3) is 0 Å². The number of rotatable bonds is 8. The first-order valence-electron chi connectivity index (χ1n) is 10.6. The van der Waals surface area contributed by atoms with Crippen LogP contribution in [0.25, 0.3) is 0 Å². The van der Waals surface area contributed by atoms with Gasteiger partial charge in [0.1, 0.15) is 5.82 Å². The van der Waals surface area contributed by atoms with Crippen molar-refractivity contribution in [1.82, 2.24) is 4.98 Å². The average molecular weight is 450 g/mol. The predicted molar refractivity (Wildman–Crippen MR) is 128 cm³/mol. The van der Waals surface area contributed by atoms with Crippen LogP contribution >= 0.6 is 0 Å². The Kier molecular flexibility index (Phi) is 8.07. The number of hydrogen-bond donors (Lipinski definition) is 4. The summed E-state index contributed by atoms with van der Waals surface area (Å²) in [4.78, 5) is 28.2. The van der Waals surface area contributed by atoms with Crippen LogP contribution in [0.4, 0.5) is 32.6 Å². The molecule has 0 aliphatic rings. The van der Waals surface area contributed by atoms with Gasteiger partial charge in [0.2, 0.25) is 0 Å². The van der Waals surface area contributed by atoms with Crippen molar-refractivity contribution < 1.29 is 19.1 Å². The van der Waals surface area contributed by atoms with Crippen LogP contribution in [-0.4, -0.2) is 30.4 Å². The Morgan fingerprint density at radius 2 is 1.39 bits per heavy atom. The summed E-state index contributed by atoms with van der Waals surface area (Å²) in [6.45, 7) is 3.76. The second-order valence-corrected chi connectivity index (χ2v) is 6.91. The van der Waals surface area contributed by atoms with Crippen molar-refractivity contribution in [2.75, 3.05) is 34.9 Å². The molecule has 0 saturated heterocycles. The number of benzene rings is 2. The Morgan fingerprint density at radius 1 is 0.879 bits per heavy atom. The van der Waals surface area contributed by atoms with Crippen LogP contribution in [0.3, 0.4) is 0 Å². The van der Waals surface area contributed by atoms with Crippen LogP contribution in [0.15, 0.2) is 66.7 Å². The van der Waals surface area contributed by atoms with E-state index in [9.17, 15) is 9.59 Å². The molecule has 172 valence electrons. The topological polar surface area (TPSA) is 128 Å². The first-order chi connectivity index (χ1) is 16.0. The number of ether oxygens (including phenoxy) is 2. The Morgan fingerprint density at radius 3 is 1.91 bits per heavy atom. The monoisotopic (exact) mass is 449 g/mol. The number of nitrogen functional groups attached to an aromatic ring is 1. The summed E-state index contributed by atoms with van der Waals surface area (Å²) in [7, 11) is 0. The molecule has 0 bridgehead atoms. The van der Waals surface area contributed by atoms with Crippen molar-refractivity contribution >= 4 is 35.2 Å². The number of pyridine rings is 1. The standard InChI is InChI=1S/C24H27N5O4/c1-3-32-23(30)28-19-15-18(20(25)22(27-19)29-24(31)33-4-2)26-21(16-11-7-5-8-12-16)17-13-9-6-10-14-17/h5-15,21H,3-4,25H2,1-2H3,(H3,26,27,28,29,30,31). The fourth-order valence-electron chi connectivity index (χ4n) is 3.17. The van der Waals surface area contributed by atoms with Crippen molar-refractivity contribution in [1.29, 1.82) is 0 Å². The summed E-state index contributed by atoms with van der Waals surface area (Å²) in [5.74, 6) is 0.196. The van der Waals surface area contributed by atoms with Crippen LogP contribution in [-0.2, 0) is 9.47 Å². The first-order valence-corrected chi connectivity index (χ1v) is 10.6. The molecule has 0 fully saturated rings. The molecule has 0 unspecified atom stereocenters. The lowest BCUT2D eigenvalue weighted by Gasteiger charge is -2.23. The maximum atomic E-state index is 12.0. The molecule has 0 saturated carbocycles. The van der Waals surface area contributed by atoms with Crippen molar-refractivity contribution in [2.24, 2.45) is 0 Å². The lowest BCUT2D eigenvalue weighted by molar-refractivity contribution is 0.167. The summed E-state index contributed by atoms with van der Waals surface area (Å²) in [6.07, 6.45) is -1.39. The molecule has 2 amide bonds. The smallest absolute Gasteiger partial charge is 0.412 e. The predicted octanol–water partition coefficient (Wildman–Crippen LogP) is 5.00. The van der Waals surface area contributed by atoms with Crippen LogP contribution in [0.5, 0.6) is 0 Å². The largest absolute Gasteiger partial charge is 0.450 e. The highest BCUT2D eigenvalue weighted by atomic mass is 16.6. The lowest BCUT2D eigenvalue weighted by atomic mass is 9.98. The molecular formula is C24H27N5O4. The highest BCUT2D eigenvalue weighted by Gasteiger charge is 2.19. The number of aromatic nitrogens is 1. The number of amides is 2. The minimum absolute atomic E-state index is 0.0464. The number of nitrogens with zero attached hydrogens (tertiary/aromatic N) is 1. The zero-order valence-electron chi connectivity index (χ0n) is 18.5. The van der Waals surface area contributed by atoms with Gasteiger partial charge < -0.3 is 20.5 Å². The zero-order valence-corrected chi connectivity index (χ0v) is 18.5. The molecule has 9 heteroatoms. The Balaban J connectivity index is 2.02. The van der Waals surface area contributed by atoms with Crippen LogP contribution in [0.2, 0.25) is 0 Å². The van der Waals surface area contributed by atoms with Gasteiger partial charge in [-0.2, -0.15) is 0 Å². The third-order valence-corrected chi connectivity index (χ3v) is 4.63. The quantitative estimate of drug-likeness (QED) is 0.381. The van der Waals surface area contributed by atoms with E-state index in [1.54, 1.807) is 19.9 Å². The van der Waals surface area contributed by atoms with Crippen LogP contribution in [0, 0.1) is 0 Å². The van der Waals surface area contributed by atoms with E-state index < -0.39 is 12.2 Å². The Labute approximate surface area is 192 Å². The van der Waals surface area contributed by atoms with E-state index in [0.717, 1.165) is 11.1 Å². The van der Waals surface area contributed by atoms with E-state index in [2.05, 4.69) is 20.9 Å². The molecule has 1 aromatic heterocycles. The molecule has 0 radical (unpaired) electrons. The third-order valence-electron chi connectivity index (χ3n) is 4.63. The average Bonchev–Trinajstić information content (AvgIpc) is 2.81. The third kappa shape index (κ3) is 6.36. The molecule has 0 atom stereocenters. The van der Waals surface area contributed by atoms with Crippen molar-refractivity contribution in [2.45, 2.75) is 19.9 Å². The van der Waals surface area contributed by atoms with Gasteiger partial charge in [-0.3, -0.25) is 10.6 Å². The molecule has 5 N–H and O–H groups in total. The van der Waals surface area contributed by atoms with E-state index in [1.807, 2.05) is 60.7 Å². The Bertz CT molecular complexity index is 1040. The van der Waals surface area contributed by atoms with Crippen molar-refractivity contribution in [3.05, 3.63) is 77.9 Å². The molecule has 0 aliphatic heterocycles. The zero-order chi connectivity index (χ0) is 23.6. The van der Waals surface area contributed by atoms with E-state index in [4.69, 9.17) is 15.2 Å². The maximum Gasteiger partial charge on any atom is 0.412 e. The minimum Gasteiger partial charge on any atom is -0.450 e. The van der Waals surface area contributed by atoms with E-state index >= 15 is 0 Å². The normalized spacial score (nSPS) is 10.4. The van der Waals surface area contributed by atoms with Crippen LogP contribution < -0.4 is 21.7 Å². The second kappa shape index (κ2) is 11.4. The summed E-state index contributed by atoms with van der Waals surface area (Å²) < 4.78 is 9.88. The highest BCUT2D eigenvalue weighted by molar-refractivity contribution is 5.93. The summed E-state index contributed by atoms with van der Waals surface area (Å²) in [5.41, 5.74) is 9.00. The number of nitrogens with two attached hydrogens (primary N) is 1. The molecule has 3 rings (SSSR count). The van der Waals surface area contributed by atoms with Gasteiger partial charge in [0.15, 0.2) is 5.82 Å². The van der Waals surface area contributed by atoms with E-state index in [-0.39, 0.29) is 36.6 Å². The summed E-state index contributed by atoms with van der Waals surface area (Å²) in [6, 6.07) is 21.0. The van der Waals surface area contributed by atoms with Crippen molar-refractivity contribution in [3.8, 4) is 0 Å². The number of carbonyl (C=O) groups is 2.